The van der Waals surface area contributed by atoms with Crippen molar-refractivity contribution in [1.82, 2.24) is 4.90 Å². The molecular weight excluding hydrogens is 202 g/mol. The molecule has 0 aromatic carbocycles. The SMILES string of the molecule is CC1CN(C2CCCCCC2=O)CCC1=O. The van der Waals surface area contributed by atoms with Crippen LogP contribution < -0.4 is 0 Å². The highest BCUT2D eigenvalue weighted by Gasteiger charge is 2.32. The van der Waals surface area contributed by atoms with Crippen LogP contribution in [0.25, 0.3) is 0 Å². The lowest BCUT2D eigenvalue weighted by Gasteiger charge is -2.35. The van der Waals surface area contributed by atoms with E-state index in [1.54, 1.807) is 0 Å². The van der Waals surface area contributed by atoms with Crippen molar-refractivity contribution in [1.29, 1.82) is 0 Å². The number of likely N-dealkylation sites (tertiary alicyclic amines) is 1. The fraction of sp³-hybridized carbons (Fsp3) is 0.846. The maximum absolute atomic E-state index is 12.0. The van der Waals surface area contributed by atoms with Crippen LogP contribution in [0.5, 0.6) is 0 Å². The van der Waals surface area contributed by atoms with Crippen LogP contribution in [-0.4, -0.2) is 35.6 Å². The van der Waals surface area contributed by atoms with Gasteiger partial charge in [0.05, 0.1) is 6.04 Å². The Bertz CT molecular complexity index is 288. The molecule has 0 N–H and O–H groups in total. The summed E-state index contributed by atoms with van der Waals surface area (Å²) in [6.07, 6.45) is 5.77. The molecule has 2 fully saturated rings. The molecule has 1 saturated heterocycles. The molecule has 0 amide bonds. The minimum Gasteiger partial charge on any atom is -0.299 e. The van der Waals surface area contributed by atoms with E-state index >= 15 is 0 Å². The lowest BCUT2D eigenvalue weighted by Crippen LogP contribution is -2.48. The van der Waals surface area contributed by atoms with Gasteiger partial charge in [0.2, 0.25) is 0 Å². The van der Waals surface area contributed by atoms with E-state index in [4.69, 9.17) is 0 Å². The van der Waals surface area contributed by atoms with Gasteiger partial charge in [0, 0.05) is 31.8 Å². The van der Waals surface area contributed by atoms with Gasteiger partial charge in [-0.15, -0.1) is 0 Å². The van der Waals surface area contributed by atoms with Crippen molar-refractivity contribution in [2.24, 2.45) is 5.92 Å². The normalized spacial score (nSPS) is 33.8. The molecule has 90 valence electrons. The number of hydrogen-bond donors (Lipinski definition) is 0. The van der Waals surface area contributed by atoms with E-state index < -0.39 is 0 Å². The van der Waals surface area contributed by atoms with Gasteiger partial charge in [-0.1, -0.05) is 19.8 Å². The van der Waals surface area contributed by atoms with Crippen LogP contribution in [0.15, 0.2) is 0 Å². The fourth-order valence-electron chi connectivity index (χ4n) is 2.86. The average molecular weight is 223 g/mol. The second kappa shape index (κ2) is 5.09. The molecule has 16 heavy (non-hydrogen) atoms. The lowest BCUT2D eigenvalue weighted by molar-refractivity contribution is -0.131. The Morgan fingerprint density at radius 3 is 2.62 bits per heavy atom. The van der Waals surface area contributed by atoms with E-state index in [2.05, 4.69) is 4.90 Å². The minimum absolute atomic E-state index is 0.109. The zero-order valence-electron chi connectivity index (χ0n) is 10.1. The van der Waals surface area contributed by atoms with Crippen LogP contribution in [0.4, 0.5) is 0 Å². The summed E-state index contributed by atoms with van der Waals surface area (Å²) >= 11 is 0. The van der Waals surface area contributed by atoms with Gasteiger partial charge in [-0.3, -0.25) is 14.5 Å². The standard InChI is InChI=1S/C13H21NO2/c1-10-9-14(8-7-12(10)15)11-5-3-2-4-6-13(11)16/h10-11H,2-9H2,1H3. The summed E-state index contributed by atoms with van der Waals surface area (Å²) in [4.78, 5) is 25.7. The smallest absolute Gasteiger partial charge is 0.149 e. The van der Waals surface area contributed by atoms with Crippen molar-refractivity contribution >= 4 is 11.6 Å². The van der Waals surface area contributed by atoms with Crippen molar-refractivity contribution in [2.75, 3.05) is 13.1 Å². The van der Waals surface area contributed by atoms with Gasteiger partial charge >= 0.3 is 0 Å². The first kappa shape index (κ1) is 11.8. The monoisotopic (exact) mass is 223 g/mol. The zero-order valence-corrected chi connectivity index (χ0v) is 10.1. The maximum Gasteiger partial charge on any atom is 0.149 e. The summed E-state index contributed by atoms with van der Waals surface area (Å²) in [5.41, 5.74) is 0. The predicted molar refractivity (Wildman–Crippen MR) is 62.2 cm³/mol. The Balaban J connectivity index is 2.00. The first-order valence-electron chi connectivity index (χ1n) is 6.48. The van der Waals surface area contributed by atoms with Crippen LogP contribution in [0.2, 0.25) is 0 Å². The second-order valence-electron chi connectivity index (χ2n) is 5.19. The molecule has 0 bridgehead atoms. The molecule has 1 aliphatic heterocycles. The van der Waals surface area contributed by atoms with E-state index in [-0.39, 0.29) is 12.0 Å². The highest BCUT2D eigenvalue weighted by Crippen LogP contribution is 2.23. The van der Waals surface area contributed by atoms with Crippen LogP contribution in [0, 0.1) is 5.92 Å². The molecule has 0 aromatic rings. The Kier molecular flexibility index (Phi) is 3.74. The number of ketones is 2. The largest absolute Gasteiger partial charge is 0.299 e. The minimum atomic E-state index is 0.109. The summed E-state index contributed by atoms with van der Waals surface area (Å²) in [5.74, 6) is 0.876. The maximum atomic E-state index is 12.0. The fourth-order valence-corrected chi connectivity index (χ4v) is 2.86. The Morgan fingerprint density at radius 2 is 1.88 bits per heavy atom. The molecule has 1 heterocycles. The molecule has 2 atom stereocenters. The number of rotatable bonds is 1. The highest BCUT2D eigenvalue weighted by molar-refractivity contribution is 5.85. The third-order valence-corrected chi connectivity index (χ3v) is 3.92. The number of nitrogens with zero attached hydrogens (tertiary/aromatic N) is 1. The van der Waals surface area contributed by atoms with E-state index in [9.17, 15) is 9.59 Å². The van der Waals surface area contributed by atoms with E-state index in [1.165, 1.54) is 6.42 Å². The van der Waals surface area contributed by atoms with Crippen molar-refractivity contribution in [3.05, 3.63) is 0 Å². The summed E-state index contributed by atoms with van der Waals surface area (Å²) in [7, 11) is 0. The highest BCUT2D eigenvalue weighted by atomic mass is 16.1. The van der Waals surface area contributed by atoms with Gasteiger partial charge in [-0.25, -0.2) is 0 Å². The molecule has 1 saturated carbocycles. The third-order valence-electron chi connectivity index (χ3n) is 3.92. The van der Waals surface area contributed by atoms with E-state index in [0.29, 0.717) is 18.0 Å². The molecule has 1 aliphatic carbocycles. The molecule has 2 unspecified atom stereocenters. The van der Waals surface area contributed by atoms with Crippen LogP contribution >= 0.6 is 0 Å². The molecule has 0 radical (unpaired) electrons. The first-order chi connectivity index (χ1) is 7.68. The van der Waals surface area contributed by atoms with Crippen LogP contribution in [-0.2, 0) is 9.59 Å². The quantitative estimate of drug-likeness (QED) is 0.636. The second-order valence-corrected chi connectivity index (χ2v) is 5.19. The van der Waals surface area contributed by atoms with Gasteiger partial charge in [0.25, 0.3) is 0 Å². The number of carbonyl (C=O) groups excluding carboxylic acids is 2. The summed E-state index contributed by atoms with van der Waals surface area (Å²) in [5, 5.41) is 0. The van der Waals surface area contributed by atoms with Gasteiger partial charge in [0.1, 0.15) is 11.6 Å². The number of piperidine rings is 1. The Hall–Kier alpha value is -0.700. The average Bonchev–Trinajstić information content (AvgIpc) is 2.47. The topological polar surface area (TPSA) is 37.4 Å². The molecule has 3 nitrogen and oxygen atoms in total. The van der Waals surface area contributed by atoms with Crippen molar-refractivity contribution in [3.63, 3.8) is 0 Å². The molecule has 2 rings (SSSR count). The first-order valence-corrected chi connectivity index (χ1v) is 6.48. The van der Waals surface area contributed by atoms with Crippen molar-refractivity contribution < 1.29 is 9.59 Å². The molecule has 0 aromatic heterocycles. The summed E-state index contributed by atoms with van der Waals surface area (Å²) in [6, 6.07) is 0.109. The van der Waals surface area contributed by atoms with Crippen molar-refractivity contribution in [3.8, 4) is 0 Å². The van der Waals surface area contributed by atoms with Gasteiger partial charge in [0.15, 0.2) is 0 Å². The zero-order chi connectivity index (χ0) is 11.5. The predicted octanol–water partition coefficient (Wildman–Crippen LogP) is 1.80. The van der Waals surface area contributed by atoms with Gasteiger partial charge < -0.3 is 0 Å². The molecular formula is C13H21NO2. The lowest BCUT2D eigenvalue weighted by atomic mass is 9.95. The van der Waals surface area contributed by atoms with Crippen LogP contribution in [0.3, 0.4) is 0 Å². The van der Waals surface area contributed by atoms with Gasteiger partial charge in [-0.05, 0) is 12.8 Å². The number of hydrogen-bond acceptors (Lipinski definition) is 3. The molecule has 3 heteroatoms. The summed E-state index contributed by atoms with van der Waals surface area (Å²) in [6.45, 7) is 3.56. The summed E-state index contributed by atoms with van der Waals surface area (Å²) < 4.78 is 0. The number of Topliss-reactive ketones (excluding diaryl/α,β-unsaturated/α-hetero) is 2. The number of carbonyl (C=O) groups is 2. The molecule has 2 aliphatic rings. The van der Waals surface area contributed by atoms with Crippen molar-refractivity contribution in [2.45, 2.75) is 51.5 Å². The third kappa shape index (κ3) is 2.51. The van der Waals surface area contributed by atoms with Gasteiger partial charge in [-0.2, -0.15) is 0 Å². The Morgan fingerprint density at radius 1 is 1.06 bits per heavy atom. The van der Waals surface area contributed by atoms with E-state index in [0.717, 1.165) is 38.8 Å². The van der Waals surface area contributed by atoms with E-state index in [1.807, 2.05) is 6.92 Å². The molecule has 0 spiro atoms. The van der Waals surface area contributed by atoms with Crippen LogP contribution in [0.1, 0.15) is 45.4 Å². The Labute approximate surface area is 97.2 Å².